The molecule has 0 fully saturated rings. The summed E-state index contributed by atoms with van der Waals surface area (Å²) < 4.78 is 7.57. The van der Waals surface area contributed by atoms with Gasteiger partial charge in [0, 0.05) is 24.8 Å². The van der Waals surface area contributed by atoms with E-state index in [1.54, 1.807) is 18.3 Å². The highest BCUT2D eigenvalue weighted by atomic mass is 16.5. The van der Waals surface area contributed by atoms with Crippen LogP contribution in [0.5, 0.6) is 5.75 Å². The molecule has 3 N–H and O–H groups in total. The lowest BCUT2D eigenvalue weighted by Crippen LogP contribution is -2.34. The highest BCUT2D eigenvalue weighted by Gasteiger charge is 2.23. The first-order valence-corrected chi connectivity index (χ1v) is 9.38. The molecule has 9 heteroatoms. The van der Waals surface area contributed by atoms with Crippen LogP contribution >= 0.6 is 0 Å². The number of nitrogen functional groups attached to an aromatic ring is 1. The number of nitrogens with two attached hydrogens (primary N) is 1. The molecule has 0 spiro atoms. The summed E-state index contributed by atoms with van der Waals surface area (Å²) in [6.45, 7) is 5.20. The van der Waals surface area contributed by atoms with Crippen molar-refractivity contribution >= 4 is 23.2 Å². The van der Waals surface area contributed by atoms with E-state index in [2.05, 4.69) is 21.5 Å². The van der Waals surface area contributed by atoms with E-state index < -0.39 is 0 Å². The molecular formula is C20H21N7O2. The minimum Gasteiger partial charge on any atom is -0.488 e. The van der Waals surface area contributed by atoms with Crippen LogP contribution in [0.15, 0.2) is 30.5 Å². The average Bonchev–Trinajstić information content (AvgIpc) is 3.05. The maximum atomic E-state index is 12.8. The molecule has 29 heavy (non-hydrogen) atoms. The lowest BCUT2D eigenvalue weighted by atomic mass is 10.1. The number of carbonyl (C=O) groups is 1. The van der Waals surface area contributed by atoms with Gasteiger partial charge in [-0.15, -0.1) is 5.10 Å². The molecule has 1 unspecified atom stereocenters. The SMILES string of the molecule is CCN1Cc2c(C#N)cccc2OC(C)CNC(=O)c2c(N)nn3ccc1nc23. The molecule has 1 aliphatic heterocycles. The lowest BCUT2D eigenvalue weighted by molar-refractivity contribution is 0.0934. The van der Waals surface area contributed by atoms with Gasteiger partial charge in [-0.3, -0.25) is 4.79 Å². The molecule has 0 aliphatic carbocycles. The molecule has 1 aromatic carbocycles. The van der Waals surface area contributed by atoms with Gasteiger partial charge in [-0.1, -0.05) is 6.07 Å². The zero-order valence-electron chi connectivity index (χ0n) is 16.2. The van der Waals surface area contributed by atoms with Crippen molar-refractivity contribution in [2.45, 2.75) is 26.5 Å². The molecule has 148 valence electrons. The topological polar surface area (TPSA) is 122 Å². The monoisotopic (exact) mass is 391 g/mol. The predicted octanol–water partition coefficient (Wildman–Crippen LogP) is 1.72. The number of benzene rings is 1. The van der Waals surface area contributed by atoms with Gasteiger partial charge in [0.2, 0.25) is 0 Å². The van der Waals surface area contributed by atoms with Crippen LogP contribution in [0.3, 0.4) is 0 Å². The number of nitriles is 1. The van der Waals surface area contributed by atoms with Crippen molar-refractivity contribution in [1.82, 2.24) is 19.9 Å². The van der Waals surface area contributed by atoms with Crippen molar-refractivity contribution in [2.24, 2.45) is 0 Å². The maximum Gasteiger partial charge on any atom is 0.259 e. The number of nitrogens with zero attached hydrogens (tertiary/aromatic N) is 5. The van der Waals surface area contributed by atoms with Crippen LogP contribution in [0.25, 0.3) is 5.65 Å². The van der Waals surface area contributed by atoms with Crippen molar-refractivity contribution < 1.29 is 9.53 Å². The number of rotatable bonds is 1. The van der Waals surface area contributed by atoms with E-state index in [1.165, 1.54) is 4.52 Å². The van der Waals surface area contributed by atoms with Gasteiger partial charge in [0.1, 0.15) is 23.2 Å². The number of fused-ring (bicyclic) bond motifs is 2. The van der Waals surface area contributed by atoms with Crippen LogP contribution in [0.4, 0.5) is 11.6 Å². The molecule has 0 saturated heterocycles. The van der Waals surface area contributed by atoms with E-state index in [4.69, 9.17) is 10.5 Å². The number of amides is 1. The van der Waals surface area contributed by atoms with Crippen LogP contribution in [0, 0.1) is 11.3 Å². The Morgan fingerprint density at radius 2 is 2.24 bits per heavy atom. The predicted molar refractivity (Wildman–Crippen MR) is 108 cm³/mol. The second-order valence-electron chi connectivity index (χ2n) is 6.86. The Hall–Kier alpha value is -3.80. The van der Waals surface area contributed by atoms with Crippen LogP contribution < -0.4 is 20.7 Å². The number of hydrogen-bond donors (Lipinski definition) is 2. The third-order valence-electron chi connectivity index (χ3n) is 4.91. The maximum absolute atomic E-state index is 12.8. The summed E-state index contributed by atoms with van der Waals surface area (Å²) in [4.78, 5) is 19.4. The summed E-state index contributed by atoms with van der Waals surface area (Å²) in [7, 11) is 0. The molecule has 0 radical (unpaired) electrons. The zero-order chi connectivity index (χ0) is 20.5. The molecule has 1 aliphatic rings. The lowest BCUT2D eigenvalue weighted by Gasteiger charge is -2.25. The highest BCUT2D eigenvalue weighted by Crippen LogP contribution is 2.28. The van der Waals surface area contributed by atoms with E-state index in [1.807, 2.05) is 30.9 Å². The first-order valence-electron chi connectivity index (χ1n) is 9.38. The smallest absolute Gasteiger partial charge is 0.259 e. The standard InChI is InChI=1S/C20H21N7O2/c1-3-26-11-14-13(9-21)5-4-6-15(14)29-12(2)10-23-20(28)17-18(22)25-27-8-7-16(26)24-19(17)27/h4-8,12H,3,10-11H2,1-2H3,(H2,22,25)(H,23,28). The van der Waals surface area contributed by atoms with Gasteiger partial charge in [-0.25, -0.2) is 9.50 Å². The van der Waals surface area contributed by atoms with E-state index in [-0.39, 0.29) is 29.9 Å². The van der Waals surface area contributed by atoms with Gasteiger partial charge in [-0.05, 0) is 32.0 Å². The molecule has 3 heterocycles. The molecule has 0 saturated carbocycles. The largest absolute Gasteiger partial charge is 0.488 e. The second kappa shape index (κ2) is 7.31. The van der Waals surface area contributed by atoms with Gasteiger partial charge >= 0.3 is 0 Å². The first kappa shape index (κ1) is 18.6. The van der Waals surface area contributed by atoms with Crippen molar-refractivity contribution in [3.63, 3.8) is 0 Å². The van der Waals surface area contributed by atoms with Gasteiger partial charge in [0.25, 0.3) is 5.91 Å². The Morgan fingerprint density at radius 1 is 1.41 bits per heavy atom. The van der Waals surface area contributed by atoms with Crippen molar-refractivity contribution in [3.8, 4) is 11.8 Å². The Labute approximate surface area is 167 Å². The third kappa shape index (κ3) is 3.29. The Balaban J connectivity index is 1.90. The minimum absolute atomic E-state index is 0.119. The van der Waals surface area contributed by atoms with Gasteiger partial charge in [-0.2, -0.15) is 5.26 Å². The van der Waals surface area contributed by atoms with Crippen molar-refractivity contribution in [3.05, 3.63) is 47.2 Å². The number of carbonyl (C=O) groups excluding carboxylic acids is 1. The zero-order valence-corrected chi connectivity index (χ0v) is 16.2. The summed E-state index contributed by atoms with van der Waals surface area (Å²) in [5.74, 6) is 1.03. The molecule has 1 atom stereocenters. The molecule has 9 nitrogen and oxygen atoms in total. The number of hydrogen-bond acceptors (Lipinski definition) is 7. The summed E-state index contributed by atoms with van der Waals surface area (Å²) in [5.41, 5.74) is 7.94. The number of anilines is 2. The quantitative estimate of drug-likeness (QED) is 0.648. The van der Waals surface area contributed by atoms with Crippen LogP contribution in [-0.2, 0) is 6.54 Å². The molecular weight excluding hydrogens is 370 g/mol. The number of nitrogens with one attached hydrogen (secondary N) is 1. The summed E-state index contributed by atoms with van der Waals surface area (Å²) in [6, 6.07) is 9.45. The summed E-state index contributed by atoms with van der Waals surface area (Å²) >= 11 is 0. The fraction of sp³-hybridized carbons (Fsp3) is 0.300. The number of ether oxygens (including phenoxy) is 1. The molecule has 4 rings (SSSR count). The Kier molecular flexibility index (Phi) is 4.68. The van der Waals surface area contributed by atoms with Gasteiger partial charge < -0.3 is 20.7 Å². The van der Waals surface area contributed by atoms with Gasteiger partial charge in [0.15, 0.2) is 11.5 Å². The second-order valence-corrected chi connectivity index (χ2v) is 6.86. The average molecular weight is 391 g/mol. The van der Waals surface area contributed by atoms with Crippen molar-refractivity contribution in [2.75, 3.05) is 23.7 Å². The van der Waals surface area contributed by atoms with Crippen LogP contribution in [0.2, 0.25) is 0 Å². The molecule has 1 amide bonds. The first-order chi connectivity index (χ1) is 14.0. The fourth-order valence-electron chi connectivity index (χ4n) is 3.40. The normalized spacial score (nSPS) is 16.8. The van der Waals surface area contributed by atoms with E-state index in [0.29, 0.717) is 35.9 Å². The molecule has 2 aromatic heterocycles. The minimum atomic E-state index is -0.356. The van der Waals surface area contributed by atoms with Gasteiger partial charge in [0.05, 0.1) is 18.2 Å². The molecule has 3 aromatic rings. The van der Waals surface area contributed by atoms with E-state index >= 15 is 0 Å². The number of aromatic nitrogens is 3. The fourth-order valence-corrected chi connectivity index (χ4v) is 3.40. The third-order valence-corrected chi connectivity index (χ3v) is 4.91. The van der Waals surface area contributed by atoms with Crippen LogP contribution in [-0.4, -0.2) is 39.7 Å². The van der Waals surface area contributed by atoms with Crippen molar-refractivity contribution in [1.29, 1.82) is 5.26 Å². The van der Waals surface area contributed by atoms with E-state index in [9.17, 15) is 10.1 Å². The summed E-state index contributed by atoms with van der Waals surface area (Å²) in [5, 5.41) is 16.6. The van der Waals surface area contributed by atoms with Crippen LogP contribution in [0.1, 0.15) is 35.3 Å². The Bertz CT molecular complexity index is 1130. The van der Waals surface area contributed by atoms with E-state index in [0.717, 1.165) is 5.56 Å². The summed E-state index contributed by atoms with van der Waals surface area (Å²) in [6.07, 6.45) is 1.41. The molecule has 2 bridgehead atoms. The highest BCUT2D eigenvalue weighted by molar-refractivity contribution is 6.04. The Morgan fingerprint density at radius 3 is 3.00 bits per heavy atom.